The van der Waals surface area contributed by atoms with E-state index >= 15 is 0 Å². The summed E-state index contributed by atoms with van der Waals surface area (Å²) in [6, 6.07) is 7.79. The third-order valence-electron chi connectivity index (χ3n) is 4.89. The van der Waals surface area contributed by atoms with Gasteiger partial charge < -0.3 is 15.0 Å². The predicted molar refractivity (Wildman–Crippen MR) is 92.9 cm³/mol. The number of anilines is 1. The van der Waals surface area contributed by atoms with Crippen molar-refractivity contribution in [1.82, 2.24) is 4.90 Å². The van der Waals surface area contributed by atoms with Gasteiger partial charge in [-0.1, -0.05) is 6.07 Å². The monoisotopic (exact) mass is 330 g/mol. The van der Waals surface area contributed by atoms with Crippen LogP contribution in [0, 0.1) is 5.92 Å². The Bertz CT molecular complexity index is 602. The second kappa shape index (κ2) is 7.24. The van der Waals surface area contributed by atoms with Gasteiger partial charge in [-0.3, -0.25) is 9.59 Å². The van der Waals surface area contributed by atoms with Crippen LogP contribution in [-0.2, 0) is 9.59 Å². The fourth-order valence-corrected chi connectivity index (χ4v) is 3.39. The predicted octanol–water partition coefficient (Wildman–Crippen LogP) is 3.20. The first-order valence-electron chi connectivity index (χ1n) is 8.89. The smallest absolute Gasteiger partial charge is 0.260 e. The number of hydrogen-bond acceptors (Lipinski definition) is 3. The number of hydrogen-bond donors (Lipinski definition) is 1. The molecule has 0 radical (unpaired) electrons. The number of ether oxygens (including phenoxy) is 1. The molecule has 2 amide bonds. The van der Waals surface area contributed by atoms with Crippen LogP contribution < -0.4 is 10.1 Å². The van der Waals surface area contributed by atoms with E-state index in [1.54, 1.807) is 6.07 Å². The molecule has 130 valence electrons. The molecular weight excluding hydrogens is 304 g/mol. The molecule has 1 saturated carbocycles. The van der Waals surface area contributed by atoms with Gasteiger partial charge in [0.2, 0.25) is 5.91 Å². The first kappa shape index (κ1) is 16.8. The zero-order chi connectivity index (χ0) is 17.1. The first-order chi connectivity index (χ1) is 11.5. The molecule has 1 aromatic carbocycles. The third kappa shape index (κ3) is 4.08. The van der Waals surface area contributed by atoms with E-state index in [9.17, 15) is 9.59 Å². The average Bonchev–Trinajstić information content (AvgIpc) is 3.38. The molecule has 0 unspecified atom stereocenters. The van der Waals surface area contributed by atoms with E-state index in [2.05, 4.69) is 19.2 Å². The summed E-state index contributed by atoms with van der Waals surface area (Å²) in [4.78, 5) is 26.2. The van der Waals surface area contributed by atoms with Crippen molar-refractivity contribution in [2.45, 2.75) is 58.0 Å². The highest BCUT2D eigenvalue weighted by molar-refractivity contribution is 5.94. The van der Waals surface area contributed by atoms with Gasteiger partial charge in [0.1, 0.15) is 5.75 Å². The molecule has 1 heterocycles. The molecule has 2 fully saturated rings. The Kier molecular flexibility index (Phi) is 5.07. The maximum Gasteiger partial charge on any atom is 0.260 e. The molecule has 1 saturated heterocycles. The lowest BCUT2D eigenvalue weighted by Crippen LogP contribution is -2.49. The van der Waals surface area contributed by atoms with Gasteiger partial charge in [0.15, 0.2) is 6.61 Å². The van der Waals surface area contributed by atoms with E-state index in [1.165, 1.54) is 6.42 Å². The van der Waals surface area contributed by atoms with Crippen LogP contribution >= 0.6 is 0 Å². The third-order valence-corrected chi connectivity index (χ3v) is 4.89. The van der Waals surface area contributed by atoms with Crippen LogP contribution in [0.15, 0.2) is 24.3 Å². The van der Waals surface area contributed by atoms with Crippen molar-refractivity contribution in [3.05, 3.63) is 24.3 Å². The normalized spacial score (nSPS) is 23.7. The van der Waals surface area contributed by atoms with Crippen LogP contribution in [0.1, 0.15) is 46.0 Å². The van der Waals surface area contributed by atoms with E-state index in [1.807, 2.05) is 23.1 Å². The summed E-state index contributed by atoms with van der Waals surface area (Å²) in [6.07, 6.45) is 5.23. The van der Waals surface area contributed by atoms with Crippen molar-refractivity contribution >= 4 is 17.5 Å². The van der Waals surface area contributed by atoms with E-state index in [-0.39, 0.29) is 36.4 Å². The van der Waals surface area contributed by atoms with Crippen molar-refractivity contribution in [2.75, 3.05) is 11.9 Å². The summed E-state index contributed by atoms with van der Waals surface area (Å²) in [5.41, 5.74) is 0.719. The fourth-order valence-electron chi connectivity index (χ4n) is 3.39. The van der Waals surface area contributed by atoms with Gasteiger partial charge in [-0.2, -0.15) is 0 Å². The van der Waals surface area contributed by atoms with Crippen LogP contribution in [0.5, 0.6) is 5.75 Å². The minimum Gasteiger partial charge on any atom is -0.484 e. The minimum atomic E-state index is 0.0297. The standard InChI is InChI=1S/C19H26N2O3/c1-13-5-3-6-14(2)21(13)18(22)12-24-17-8-4-7-16(11-17)20-19(23)15-9-10-15/h4,7-8,11,13-15H,3,5-6,9-10,12H2,1-2H3,(H,20,23)/t13-,14+. The van der Waals surface area contributed by atoms with Crippen LogP contribution in [0.2, 0.25) is 0 Å². The molecular formula is C19H26N2O3. The Morgan fingerprint density at radius 2 is 1.88 bits per heavy atom. The van der Waals surface area contributed by atoms with E-state index in [0.717, 1.165) is 31.4 Å². The Hall–Kier alpha value is -2.04. The van der Waals surface area contributed by atoms with Crippen molar-refractivity contribution in [2.24, 2.45) is 5.92 Å². The Balaban J connectivity index is 1.55. The zero-order valence-corrected chi connectivity index (χ0v) is 14.5. The number of likely N-dealkylation sites (tertiary alicyclic amines) is 1. The zero-order valence-electron chi connectivity index (χ0n) is 14.5. The SMILES string of the molecule is C[C@@H]1CCC[C@H](C)N1C(=O)COc1cccc(NC(=O)C2CC2)c1. The molecule has 3 rings (SSSR count). The molecule has 0 bridgehead atoms. The van der Waals surface area contributed by atoms with Crippen LogP contribution in [0.3, 0.4) is 0 Å². The lowest BCUT2D eigenvalue weighted by Gasteiger charge is -2.38. The first-order valence-corrected chi connectivity index (χ1v) is 8.89. The summed E-state index contributed by atoms with van der Waals surface area (Å²) >= 11 is 0. The van der Waals surface area contributed by atoms with Crippen molar-refractivity contribution in [3.8, 4) is 5.75 Å². The van der Waals surface area contributed by atoms with Gasteiger partial charge in [-0.05, 0) is 58.1 Å². The second-order valence-corrected chi connectivity index (χ2v) is 7.01. The molecule has 1 aliphatic heterocycles. The minimum absolute atomic E-state index is 0.0297. The topological polar surface area (TPSA) is 58.6 Å². The van der Waals surface area contributed by atoms with Gasteiger partial charge in [-0.25, -0.2) is 0 Å². The van der Waals surface area contributed by atoms with Gasteiger partial charge >= 0.3 is 0 Å². The van der Waals surface area contributed by atoms with Gasteiger partial charge in [0, 0.05) is 29.8 Å². The number of benzene rings is 1. The quantitative estimate of drug-likeness (QED) is 0.902. The van der Waals surface area contributed by atoms with Gasteiger partial charge in [0.05, 0.1) is 0 Å². The van der Waals surface area contributed by atoms with E-state index in [4.69, 9.17) is 4.74 Å². The number of carbonyl (C=O) groups excluding carboxylic acids is 2. The van der Waals surface area contributed by atoms with E-state index < -0.39 is 0 Å². The summed E-state index contributed by atoms with van der Waals surface area (Å²) in [7, 11) is 0. The van der Waals surface area contributed by atoms with Crippen LogP contribution in [0.25, 0.3) is 0 Å². The number of rotatable bonds is 5. The average molecular weight is 330 g/mol. The molecule has 5 heteroatoms. The molecule has 1 aromatic rings. The lowest BCUT2D eigenvalue weighted by molar-refractivity contribution is -0.139. The number of nitrogens with one attached hydrogen (secondary N) is 1. The van der Waals surface area contributed by atoms with Gasteiger partial charge in [0.25, 0.3) is 5.91 Å². The molecule has 24 heavy (non-hydrogen) atoms. The molecule has 0 aromatic heterocycles. The molecule has 2 aliphatic rings. The molecule has 1 N–H and O–H groups in total. The highest BCUT2D eigenvalue weighted by atomic mass is 16.5. The maximum atomic E-state index is 12.5. The Labute approximate surface area is 143 Å². The largest absolute Gasteiger partial charge is 0.484 e. The molecule has 1 aliphatic carbocycles. The number of amides is 2. The Morgan fingerprint density at radius 1 is 1.17 bits per heavy atom. The number of nitrogens with zero attached hydrogens (tertiary/aromatic N) is 1. The lowest BCUT2D eigenvalue weighted by atomic mass is 9.97. The molecule has 0 spiro atoms. The number of carbonyl (C=O) groups is 2. The summed E-state index contributed by atoms with van der Waals surface area (Å²) in [5.74, 6) is 0.869. The van der Waals surface area contributed by atoms with Crippen molar-refractivity contribution < 1.29 is 14.3 Å². The molecule has 2 atom stereocenters. The van der Waals surface area contributed by atoms with Crippen molar-refractivity contribution in [1.29, 1.82) is 0 Å². The number of piperidine rings is 1. The molecule has 5 nitrogen and oxygen atoms in total. The Morgan fingerprint density at radius 3 is 2.54 bits per heavy atom. The summed E-state index contributed by atoms with van der Waals surface area (Å²) < 4.78 is 5.67. The summed E-state index contributed by atoms with van der Waals surface area (Å²) in [6.45, 7) is 4.23. The van der Waals surface area contributed by atoms with E-state index in [0.29, 0.717) is 5.75 Å². The summed E-state index contributed by atoms with van der Waals surface area (Å²) in [5, 5.41) is 2.90. The van der Waals surface area contributed by atoms with Crippen LogP contribution in [-0.4, -0.2) is 35.4 Å². The van der Waals surface area contributed by atoms with Crippen LogP contribution in [0.4, 0.5) is 5.69 Å². The van der Waals surface area contributed by atoms with Crippen molar-refractivity contribution in [3.63, 3.8) is 0 Å². The highest BCUT2D eigenvalue weighted by Gasteiger charge is 2.30. The second-order valence-electron chi connectivity index (χ2n) is 7.01. The van der Waals surface area contributed by atoms with Gasteiger partial charge in [-0.15, -0.1) is 0 Å². The highest BCUT2D eigenvalue weighted by Crippen LogP contribution is 2.30. The fraction of sp³-hybridized carbons (Fsp3) is 0.579. The maximum absolute atomic E-state index is 12.5.